The van der Waals surface area contributed by atoms with Gasteiger partial charge in [0, 0.05) is 22.8 Å². The number of fused-ring (bicyclic) bond motifs is 1. The minimum absolute atomic E-state index is 0.0670. The van der Waals surface area contributed by atoms with E-state index in [9.17, 15) is 14.0 Å². The van der Waals surface area contributed by atoms with Crippen molar-refractivity contribution in [2.45, 2.75) is 18.8 Å². The van der Waals surface area contributed by atoms with Gasteiger partial charge in [-0.25, -0.2) is 4.39 Å². The van der Waals surface area contributed by atoms with Crippen LogP contribution in [0.5, 0.6) is 0 Å². The van der Waals surface area contributed by atoms with Gasteiger partial charge in [0.2, 0.25) is 11.8 Å². The van der Waals surface area contributed by atoms with E-state index in [1.165, 1.54) is 12.1 Å². The van der Waals surface area contributed by atoms with Gasteiger partial charge in [-0.3, -0.25) is 9.59 Å². The van der Waals surface area contributed by atoms with E-state index >= 15 is 0 Å². The van der Waals surface area contributed by atoms with Crippen LogP contribution in [-0.2, 0) is 16.0 Å². The molecule has 0 radical (unpaired) electrons. The van der Waals surface area contributed by atoms with Crippen molar-refractivity contribution in [2.75, 3.05) is 11.9 Å². The van der Waals surface area contributed by atoms with Crippen LogP contribution >= 0.6 is 11.6 Å². The van der Waals surface area contributed by atoms with Gasteiger partial charge in [0.1, 0.15) is 5.82 Å². The molecule has 2 aromatic rings. The molecule has 0 spiro atoms. The molecule has 0 aliphatic carbocycles. The Morgan fingerprint density at radius 2 is 2.00 bits per heavy atom. The van der Waals surface area contributed by atoms with Gasteiger partial charge in [-0.15, -0.1) is 0 Å². The summed E-state index contributed by atoms with van der Waals surface area (Å²) in [6.07, 6.45) is 0.360. The number of nitrogens with one attached hydrogen (secondary N) is 2. The monoisotopic (exact) mass is 346 g/mol. The zero-order valence-corrected chi connectivity index (χ0v) is 13.6. The Bertz CT molecular complexity index is 774. The summed E-state index contributed by atoms with van der Waals surface area (Å²) in [6, 6.07) is 11.8. The largest absolute Gasteiger partial charge is 0.356 e. The lowest BCUT2D eigenvalue weighted by molar-refractivity contribution is -0.121. The molecule has 3 rings (SSSR count). The lowest BCUT2D eigenvalue weighted by Gasteiger charge is -2.11. The number of hydrogen-bond acceptors (Lipinski definition) is 2. The summed E-state index contributed by atoms with van der Waals surface area (Å²) in [5.41, 5.74) is 1.94. The second-order valence-electron chi connectivity index (χ2n) is 5.64. The highest BCUT2D eigenvalue weighted by Gasteiger charge is 2.29. The molecule has 4 nitrogen and oxygen atoms in total. The topological polar surface area (TPSA) is 58.2 Å². The third-order valence-electron chi connectivity index (χ3n) is 4.06. The van der Waals surface area contributed by atoms with Crippen molar-refractivity contribution < 1.29 is 14.0 Å². The highest BCUT2D eigenvalue weighted by Crippen LogP contribution is 2.33. The number of para-hydroxylation sites is 1. The van der Waals surface area contributed by atoms with Gasteiger partial charge in [-0.05, 0) is 30.2 Å². The molecular formula is C18H16ClFN2O2. The molecule has 124 valence electrons. The van der Waals surface area contributed by atoms with E-state index in [1.54, 1.807) is 6.07 Å². The van der Waals surface area contributed by atoms with Crippen LogP contribution in [0.4, 0.5) is 10.1 Å². The first-order valence-corrected chi connectivity index (χ1v) is 8.03. The maximum atomic E-state index is 13.7. The van der Waals surface area contributed by atoms with Gasteiger partial charge < -0.3 is 10.6 Å². The van der Waals surface area contributed by atoms with E-state index in [0.29, 0.717) is 13.0 Å². The third kappa shape index (κ3) is 3.41. The SMILES string of the molecule is O=C(Cc1c(F)cccc1Cl)NCC[C@@H]1C(=O)Nc2ccccc21. The highest BCUT2D eigenvalue weighted by molar-refractivity contribution is 6.31. The van der Waals surface area contributed by atoms with Gasteiger partial charge in [-0.2, -0.15) is 0 Å². The van der Waals surface area contributed by atoms with Crippen molar-refractivity contribution in [3.05, 3.63) is 64.4 Å². The Kier molecular flexibility index (Phi) is 4.81. The van der Waals surface area contributed by atoms with Gasteiger partial charge in [0.25, 0.3) is 0 Å². The van der Waals surface area contributed by atoms with Crippen LogP contribution in [-0.4, -0.2) is 18.4 Å². The Morgan fingerprint density at radius 3 is 2.79 bits per heavy atom. The fourth-order valence-electron chi connectivity index (χ4n) is 2.84. The molecule has 24 heavy (non-hydrogen) atoms. The second-order valence-corrected chi connectivity index (χ2v) is 6.05. The summed E-state index contributed by atoms with van der Waals surface area (Å²) in [6.45, 7) is 0.331. The van der Waals surface area contributed by atoms with Gasteiger partial charge in [0.05, 0.1) is 12.3 Å². The van der Waals surface area contributed by atoms with E-state index in [-0.39, 0.29) is 34.7 Å². The molecule has 0 saturated carbocycles. The van der Waals surface area contributed by atoms with Crippen molar-refractivity contribution in [1.82, 2.24) is 5.32 Å². The molecule has 0 bridgehead atoms. The van der Waals surface area contributed by atoms with Crippen molar-refractivity contribution in [1.29, 1.82) is 0 Å². The molecule has 0 unspecified atom stereocenters. The first-order valence-electron chi connectivity index (χ1n) is 7.65. The summed E-state index contributed by atoms with van der Waals surface area (Å²) in [5.74, 6) is -1.17. The molecule has 1 aliphatic rings. The molecule has 0 aromatic heterocycles. The van der Waals surface area contributed by atoms with Crippen molar-refractivity contribution in [2.24, 2.45) is 0 Å². The van der Waals surface area contributed by atoms with Gasteiger partial charge >= 0.3 is 0 Å². The fraction of sp³-hybridized carbons (Fsp3) is 0.222. The average molecular weight is 347 g/mol. The first kappa shape index (κ1) is 16.5. The predicted octanol–water partition coefficient (Wildman–Crippen LogP) is 3.26. The van der Waals surface area contributed by atoms with Crippen LogP contribution in [0.1, 0.15) is 23.5 Å². The fourth-order valence-corrected chi connectivity index (χ4v) is 3.07. The summed E-state index contributed by atoms with van der Waals surface area (Å²) in [4.78, 5) is 24.0. The van der Waals surface area contributed by atoms with Crippen molar-refractivity contribution in [3.8, 4) is 0 Å². The minimum Gasteiger partial charge on any atom is -0.356 e. The average Bonchev–Trinajstić information content (AvgIpc) is 2.87. The molecule has 2 amide bonds. The van der Waals surface area contributed by atoms with E-state index in [1.807, 2.05) is 24.3 Å². The van der Waals surface area contributed by atoms with Crippen LogP contribution in [0, 0.1) is 5.82 Å². The smallest absolute Gasteiger partial charge is 0.232 e. The summed E-state index contributed by atoms with van der Waals surface area (Å²) >= 11 is 5.91. The molecule has 0 fully saturated rings. The molecule has 2 aromatic carbocycles. The molecule has 1 atom stereocenters. The molecule has 1 heterocycles. The van der Waals surface area contributed by atoms with Crippen LogP contribution < -0.4 is 10.6 Å². The number of anilines is 1. The molecule has 1 aliphatic heterocycles. The van der Waals surface area contributed by atoms with E-state index < -0.39 is 5.82 Å². The third-order valence-corrected chi connectivity index (χ3v) is 4.42. The normalized spacial score (nSPS) is 15.8. The van der Waals surface area contributed by atoms with E-state index in [0.717, 1.165) is 11.3 Å². The number of carbonyl (C=O) groups excluding carboxylic acids is 2. The van der Waals surface area contributed by atoms with Crippen LogP contribution in [0.3, 0.4) is 0 Å². The number of hydrogen-bond donors (Lipinski definition) is 2. The Balaban J connectivity index is 1.55. The first-order chi connectivity index (χ1) is 11.6. The maximum Gasteiger partial charge on any atom is 0.232 e. The number of benzene rings is 2. The molecular weight excluding hydrogens is 331 g/mol. The van der Waals surface area contributed by atoms with Crippen molar-refractivity contribution >= 4 is 29.1 Å². The standard InChI is InChI=1S/C18H16ClFN2O2/c19-14-5-3-6-15(20)13(14)10-17(23)21-9-8-12-11-4-1-2-7-16(11)22-18(12)24/h1-7,12H,8-10H2,(H,21,23)(H,22,24)/t12-/m0/s1. The van der Waals surface area contributed by atoms with Crippen LogP contribution in [0.25, 0.3) is 0 Å². The Hall–Kier alpha value is -2.40. The number of amides is 2. The highest BCUT2D eigenvalue weighted by atomic mass is 35.5. The second kappa shape index (κ2) is 7.01. The minimum atomic E-state index is -0.498. The van der Waals surface area contributed by atoms with Gasteiger partial charge in [0.15, 0.2) is 0 Å². The lowest BCUT2D eigenvalue weighted by atomic mass is 9.97. The molecule has 2 N–H and O–H groups in total. The Labute approximate surface area is 144 Å². The van der Waals surface area contributed by atoms with Gasteiger partial charge in [-0.1, -0.05) is 35.9 Å². The molecule has 6 heteroatoms. The molecule has 0 saturated heterocycles. The van der Waals surface area contributed by atoms with E-state index in [2.05, 4.69) is 10.6 Å². The zero-order valence-electron chi connectivity index (χ0n) is 12.8. The lowest BCUT2D eigenvalue weighted by Crippen LogP contribution is -2.28. The summed E-state index contributed by atoms with van der Waals surface area (Å²) < 4.78 is 13.7. The number of halogens is 2. The number of carbonyl (C=O) groups is 2. The van der Waals surface area contributed by atoms with Crippen LogP contribution in [0.15, 0.2) is 42.5 Å². The maximum absolute atomic E-state index is 13.7. The summed E-state index contributed by atoms with van der Waals surface area (Å²) in [5, 5.41) is 5.77. The number of rotatable bonds is 5. The van der Waals surface area contributed by atoms with E-state index in [4.69, 9.17) is 11.6 Å². The van der Waals surface area contributed by atoms with Crippen LogP contribution in [0.2, 0.25) is 5.02 Å². The summed E-state index contributed by atoms with van der Waals surface area (Å²) in [7, 11) is 0. The zero-order chi connectivity index (χ0) is 17.1. The Morgan fingerprint density at radius 1 is 1.21 bits per heavy atom. The quantitative estimate of drug-likeness (QED) is 0.873. The predicted molar refractivity (Wildman–Crippen MR) is 90.6 cm³/mol. The van der Waals surface area contributed by atoms with Crippen molar-refractivity contribution in [3.63, 3.8) is 0 Å².